The van der Waals surface area contributed by atoms with Crippen molar-refractivity contribution in [1.82, 2.24) is 9.97 Å². The van der Waals surface area contributed by atoms with Crippen LogP contribution in [0.15, 0.2) is 6.07 Å². The van der Waals surface area contributed by atoms with Crippen molar-refractivity contribution >= 4 is 34.5 Å². The molecule has 0 amide bonds. The van der Waals surface area contributed by atoms with Crippen LogP contribution in [0.25, 0.3) is 11.4 Å². The van der Waals surface area contributed by atoms with Crippen LogP contribution >= 0.6 is 34.5 Å². The van der Waals surface area contributed by atoms with Crippen molar-refractivity contribution in [2.75, 3.05) is 0 Å². The molecule has 0 radical (unpaired) electrons. The summed E-state index contributed by atoms with van der Waals surface area (Å²) in [6.45, 7) is 6.20. The Balaban J connectivity index is 2.51. The van der Waals surface area contributed by atoms with Crippen LogP contribution in [0.5, 0.6) is 0 Å². The highest BCUT2D eigenvalue weighted by atomic mass is 35.5. The maximum absolute atomic E-state index is 6.19. The molecular weight excluding hydrogens is 287 g/mol. The molecule has 0 aliphatic rings. The first kappa shape index (κ1) is 13.8. The molecular formula is C13H14Cl2N2S. The summed E-state index contributed by atoms with van der Waals surface area (Å²) in [5.41, 5.74) is 1.86. The average molecular weight is 301 g/mol. The number of halogens is 2. The van der Waals surface area contributed by atoms with Crippen LogP contribution in [0.4, 0.5) is 0 Å². The van der Waals surface area contributed by atoms with Crippen LogP contribution in [-0.4, -0.2) is 9.97 Å². The second-order valence-electron chi connectivity index (χ2n) is 4.18. The molecule has 2 rings (SSSR count). The predicted molar refractivity (Wildman–Crippen MR) is 78.8 cm³/mol. The molecule has 0 saturated carbocycles. The summed E-state index contributed by atoms with van der Waals surface area (Å²) in [5, 5.41) is 0.935. The van der Waals surface area contributed by atoms with Crippen molar-refractivity contribution in [2.45, 2.75) is 33.6 Å². The van der Waals surface area contributed by atoms with Gasteiger partial charge in [-0.3, -0.25) is 0 Å². The minimum absolute atomic E-state index is 0.468. The van der Waals surface area contributed by atoms with Crippen LogP contribution in [0.2, 0.25) is 10.3 Å². The molecule has 0 aromatic carbocycles. The normalized spacial score (nSPS) is 10.9. The first-order valence-electron chi connectivity index (χ1n) is 5.82. The van der Waals surface area contributed by atoms with E-state index in [1.807, 2.05) is 0 Å². The number of aromatic nitrogens is 2. The van der Waals surface area contributed by atoms with Crippen molar-refractivity contribution in [3.63, 3.8) is 0 Å². The van der Waals surface area contributed by atoms with Gasteiger partial charge < -0.3 is 0 Å². The minimum Gasteiger partial charge on any atom is -0.216 e. The van der Waals surface area contributed by atoms with E-state index in [1.54, 1.807) is 11.3 Å². The summed E-state index contributed by atoms with van der Waals surface area (Å²) in [6, 6.07) is 2.07. The Labute approximate surface area is 121 Å². The van der Waals surface area contributed by atoms with Gasteiger partial charge >= 0.3 is 0 Å². The number of thiophene rings is 1. The quantitative estimate of drug-likeness (QED) is 0.739. The first-order chi connectivity index (χ1) is 8.52. The Morgan fingerprint density at radius 1 is 1.17 bits per heavy atom. The molecule has 0 aliphatic heterocycles. The van der Waals surface area contributed by atoms with Gasteiger partial charge in [0.2, 0.25) is 0 Å². The van der Waals surface area contributed by atoms with Crippen LogP contribution in [-0.2, 0) is 6.42 Å². The molecule has 2 aromatic rings. The summed E-state index contributed by atoms with van der Waals surface area (Å²) < 4.78 is 0. The monoisotopic (exact) mass is 300 g/mol. The van der Waals surface area contributed by atoms with E-state index < -0.39 is 0 Å². The van der Waals surface area contributed by atoms with Gasteiger partial charge in [0.05, 0.1) is 0 Å². The Hall–Kier alpha value is -0.640. The van der Waals surface area contributed by atoms with Crippen molar-refractivity contribution in [2.24, 2.45) is 0 Å². The smallest absolute Gasteiger partial charge is 0.163 e. The zero-order valence-corrected chi connectivity index (χ0v) is 12.9. The fraction of sp³-hybridized carbons (Fsp3) is 0.385. The summed E-state index contributed by atoms with van der Waals surface area (Å²) >= 11 is 14.1. The van der Waals surface area contributed by atoms with Crippen LogP contribution in [0, 0.1) is 13.8 Å². The SMILES string of the molecule is CCCc1c(Cl)nc(-c2cc(C)sc2C)nc1Cl. The van der Waals surface area contributed by atoms with E-state index in [-0.39, 0.29) is 0 Å². The van der Waals surface area contributed by atoms with Crippen molar-refractivity contribution in [3.8, 4) is 11.4 Å². The van der Waals surface area contributed by atoms with Crippen LogP contribution in [0.1, 0.15) is 28.7 Å². The molecule has 0 aliphatic carbocycles. The van der Waals surface area contributed by atoms with Gasteiger partial charge in [-0.1, -0.05) is 36.5 Å². The third kappa shape index (κ3) is 2.68. The largest absolute Gasteiger partial charge is 0.216 e. The lowest BCUT2D eigenvalue weighted by Crippen LogP contribution is -1.97. The lowest BCUT2D eigenvalue weighted by Gasteiger charge is -2.07. The molecule has 0 unspecified atom stereocenters. The van der Waals surface area contributed by atoms with Gasteiger partial charge in [-0.05, 0) is 26.3 Å². The van der Waals surface area contributed by atoms with Gasteiger partial charge in [0.25, 0.3) is 0 Å². The highest BCUT2D eigenvalue weighted by Gasteiger charge is 2.14. The molecule has 0 fully saturated rings. The van der Waals surface area contributed by atoms with Gasteiger partial charge in [-0.15, -0.1) is 11.3 Å². The molecule has 96 valence electrons. The molecule has 0 N–H and O–H groups in total. The number of aryl methyl sites for hydroxylation is 2. The zero-order chi connectivity index (χ0) is 13.3. The second-order valence-corrected chi connectivity index (χ2v) is 6.36. The molecule has 2 nitrogen and oxygen atoms in total. The highest BCUT2D eigenvalue weighted by molar-refractivity contribution is 7.12. The molecule has 0 spiro atoms. The Kier molecular flexibility index (Phi) is 4.25. The molecule has 0 atom stereocenters. The standard InChI is InChI=1S/C13H14Cl2N2S/c1-4-5-9-11(14)16-13(17-12(9)15)10-6-7(2)18-8(10)3/h6H,4-5H2,1-3H3. The van der Waals surface area contributed by atoms with E-state index in [9.17, 15) is 0 Å². The van der Waals surface area contributed by atoms with Crippen molar-refractivity contribution in [3.05, 3.63) is 31.7 Å². The molecule has 5 heteroatoms. The maximum atomic E-state index is 6.19. The molecule has 18 heavy (non-hydrogen) atoms. The summed E-state index contributed by atoms with van der Waals surface area (Å²) in [7, 11) is 0. The first-order valence-corrected chi connectivity index (χ1v) is 7.39. The predicted octanol–water partition coefficient (Wildman–Crippen LogP) is 5.08. The number of hydrogen-bond acceptors (Lipinski definition) is 3. The maximum Gasteiger partial charge on any atom is 0.163 e. The third-order valence-corrected chi connectivity index (χ3v) is 4.28. The lowest BCUT2D eigenvalue weighted by atomic mass is 10.2. The molecule has 2 heterocycles. The van der Waals surface area contributed by atoms with Gasteiger partial charge in [-0.2, -0.15) is 0 Å². The van der Waals surface area contributed by atoms with Crippen LogP contribution in [0.3, 0.4) is 0 Å². The number of rotatable bonds is 3. The highest BCUT2D eigenvalue weighted by Crippen LogP contribution is 2.31. The molecule has 0 bridgehead atoms. The van der Waals surface area contributed by atoms with Gasteiger partial charge in [-0.25, -0.2) is 9.97 Å². The number of nitrogens with zero attached hydrogens (tertiary/aromatic N) is 2. The second kappa shape index (κ2) is 5.55. The van der Waals surface area contributed by atoms with Gasteiger partial charge in [0, 0.05) is 20.9 Å². The Morgan fingerprint density at radius 2 is 1.78 bits per heavy atom. The Morgan fingerprint density at radius 3 is 2.22 bits per heavy atom. The van der Waals surface area contributed by atoms with Crippen molar-refractivity contribution in [1.29, 1.82) is 0 Å². The average Bonchev–Trinajstić information content (AvgIpc) is 2.63. The van der Waals surface area contributed by atoms with Crippen LogP contribution < -0.4 is 0 Å². The lowest BCUT2D eigenvalue weighted by molar-refractivity contribution is 0.903. The molecule has 2 aromatic heterocycles. The Bertz CT molecular complexity index is 555. The summed E-state index contributed by atoms with van der Waals surface area (Å²) in [6.07, 6.45) is 1.78. The van der Waals surface area contributed by atoms with E-state index >= 15 is 0 Å². The van der Waals surface area contributed by atoms with E-state index in [2.05, 4.69) is 36.8 Å². The zero-order valence-electron chi connectivity index (χ0n) is 10.6. The molecule has 0 saturated heterocycles. The fourth-order valence-corrected chi connectivity index (χ4v) is 3.36. The third-order valence-electron chi connectivity index (χ3n) is 2.69. The van der Waals surface area contributed by atoms with Gasteiger partial charge in [0.15, 0.2) is 5.82 Å². The topological polar surface area (TPSA) is 25.8 Å². The fourth-order valence-electron chi connectivity index (χ4n) is 1.86. The van der Waals surface area contributed by atoms with E-state index in [0.717, 1.165) is 24.0 Å². The van der Waals surface area contributed by atoms with E-state index in [4.69, 9.17) is 23.2 Å². The van der Waals surface area contributed by atoms with Gasteiger partial charge in [0.1, 0.15) is 10.3 Å². The minimum atomic E-state index is 0.468. The number of hydrogen-bond donors (Lipinski definition) is 0. The summed E-state index contributed by atoms with van der Waals surface area (Å²) in [4.78, 5) is 11.2. The van der Waals surface area contributed by atoms with E-state index in [1.165, 1.54) is 9.75 Å². The van der Waals surface area contributed by atoms with Crippen molar-refractivity contribution < 1.29 is 0 Å². The van der Waals surface area contributed by atoms with E-state index in [0.29, 0.717) is 16.1 Å². The summed E-state index contributed by atoms with van der Waals surface area (Å²) in [5.74, 6) is 0.617.